The van der Waals surface area contributed by atoms with Crippen LogP contribution in [-0.2, 0) is 35.9 Å². The summed E-state index contributed by atoms with van der Waals surface area (Å²) in [5, 5.41) is 15.4. The van der Waals surface area contributed by atoms with E-state index in [0.717, 1.165) is 16.4 Å². The summed E-state index contributed by atoms with van der Waals surface area (Å²) in [6.07, 6.45) is 6.21. The zero-order valence-electron chi connectivity index (χ0n) is 38.1. The smallest absolute Gasteiger partial charge is 0.301 e. The molecule has 0 aliphatic carbocycles. The van der Waals surface area contributed by atoms with Gasteiger partial charge in [-0.05, 0) is 80.2 Å². The molecule has 0 bridgehead atoms. The summed E-state index contributed by atoms with van der Waals surface area (Å²) >= 11 is 0. The normalized spacial score (nSPS) is 17.2. The number of nitrogens with one attached hydrogen (secondary N) is 3. The predicted octanol–water partition coefficient (Wildman–Crippen LogP) is 3.62. The third-order valence-electron chi connectivity index (χ3n) is 12.6. The number of carbonyl (C=O) groups is 3. The van der Waals surface area contributed by atoms with Gasteiger partial charge in [-0.2, -0.15) is 18.0 Å². The lowest BCUT2D eigenvalue weighted by atomic mass is 9.89. The van der Waals surface area contributed by atoms with E-state index in [-0.39, 0.29) is 77.6 Å². The van der Waals surface area contributed by atoms with Crippen molar-refractivity contribution >= 4 is 56.2 Å². The molecule has 5 heterocycles. The zero-order valence-corrected chi connectivity index (χ0v) is 38.9. The summed E-state index contributed by atoms with van der Waals surface area (Å²) < 4.78 is 72.1. The molecule has 23 heteroatoms. The van der Waals surface area contributed by atoms with E-state index in [1.165, 1.54) is 55.6 Å². The van der Waals surface area contributed by atoms with E-state index in [9.17, 15) is 32.9 Å². The number of hydrogen-bond acceptors (Lipinski definition) is 15. The number of halogens is 2. The summed E-state index contributed by atoms with van der Waals surface area (Å²) in [5.41, 5.74) is 0.658. The largest absolute Gasteiger partial charge is 0.452 e. The third kappa shape index (κ3) is 10.5. The number of imide groups is 1. The number of likely N-dealkylation sites (tertiary alicyclic amines) is 1. The summed E-state index contributed by atoms with van der Waals surface area (Å²) in [5.74, 6) is -2.26. The van der Waals surface area contributed by atoms with Crippen LogP contribution in [0.4, 0.5) is 26.1 Å². The van der Waals surface area contributed by atoms with Crippen molar-refractivity contribution in [3.05, 3.63) is 99.9 Å². The van der Waals surface area contributed by atoms with Gasteiger partial charge in [-0.25, -0.2) is 23.7 Å². The molecule has 3 aromatic carbocycles. The predicted molar refractivity (Wildman–Crippen MR) is 249 cm³/mol. The quantitative estimate of drug-likeness (QED) is 0.127. The van der Waals surface area contributed by atoms with Crippen LogP contribution in [0.1, 0.15) is 55.2 Å². The monoisotopic (exact) mass is 968 g/mol. The molecule has 8 rings (SSSR count). The maximum Gasteiger partial charge on any atom is 0.301 e. The highest BCUT2D eigenvalue weighted by Gasteiger charge is 2.30. The van der Waals surface area contributed by atoms with Crippen molar-refractivity contribution in [3.8, 4) is 23.3 Å². The van der Waals surface area contributed by atoms with Gasteiger partial charge >= 0.3 is 10.2 Å². The number of rotatable bonds is 15. The SMILES string of the molecule is CCN(C)S(=O)(=O)Nc1ccc(F)c(Oc2ccc3ncn(-c4cnc(N5CCN(C(=O)CN6CCC(c7ccc(N[C@@H]8CCC(=O)NC8=O)cc7F)CC6)CC5)nc4)c(=O)c3c2COC)c1C#N. The molecule has 20 nitrogen and oxygen atoms in total. The summed E-state index contributed by atoms with van der Waals surface area (Å²) in [7, 11) is -1.34. The highest BCUT2D eigenvalue weighted by molar-refractivity contribution is 7.90. The summed E-state index contributed by atoms with van der Waals surface area (Å²) in [6.45, 7) is 4.92. The second-order valence-corrected chi connectivity index (χ2v) is 18.6. The van der Waals surface area contributed by atoms with E-state index >= 15 is 8.78 Å². The molecule has 3 saturated heterocycles. The van der Waals surface area contributed by atoms with Gasteiger partial charge < -0.3 is 24.6 Å². The van der Waals surface area contributed by atoms with Gasteiger partial charge in [0, 0.05) is 64.6 Å². The standard InChI is InChI=1S/C46H50F2N12O8S/c1-4-56(2)69(65,66)55-36-8-7-34(47)43(32(36)22-49)68-39-11-9-37-42(33(39)26-67-3)45(64)60(27-52-37)30-23-50-46(51-24-30)59-19-17-58(18-20-59)41(62)25-57-15-13-28(14-16-57)31-6-5-29(21-35(31)48)53-38-10-12-40(61)54-44(38)63/h5-9,11,21,23-24,27-28,38,53,55H,4,10,12-20,25-26H2,1-3H3,(H,54,61,63)/t38-/m1/s1. The van der Waals surface area contributed by atoms with Gasteiger partial charge in [-0.3, -0.25) is 38.7 Å². The molecule has 3 fully saturated rings. The molecule has 0 radical (unpaired) electrons. The van der Waals surface area contributed by atoms with Gasteiger partial charge in [0.15, 0.2) is 11.6 Å². The molecule has 0 spiro atoms. The number of nitrogens with zero attached hydrogens (tertiary/aromatic N) is 9. The van der Waals surface area contributed by atoms with Crippen molar-refractivity contribution in [3.63, 3.8) is 0 Å². The Morgan fingerprint density at radius 1 is 0.971 bits per heavy atom. The zero-order chi connectivity index (χ0) is 49.0. The maximum absolute atomic E-state index is 15.4. The lowest BCUT2D eigenvalue weighted by Gasteiger charge is -2.37. The molecule has 362 valence electrons. The second kappa shape index (κ2) is 20.6. The number of piperidine rings is 2. The number of aromatic nitrogens is 4. The Balaban J connectivity index is 0.882. The van der Waals surface area contributed by atoms with Crippen LogP contribution in [0.15, 0.2) is 66.0 Å². The van der Waals surface area contributed by atoms with Gasteiger partial charge in [-0.15, -0.1) is 0 Å². The first kappa shape index (κ1) is 48.3. The topological polar surface area (TPSA) is 237 Å². The number of hydrogen-bond donors (Lipinski definition) is 3. The first-order valence-corrected chi connectivity index (χ1v) is 23.8. The Bertz CT molecular complexity index is 2990. The molecule has 3 aliphatic rings. The third-order valence-corrected chi connectivity index (χ3v) is 14.2. The van der Waals surface area contributed by atoms with Crippen LogP contribution in [-0.4, -0.2) is 132 Å². The van der Waals surface area contributed by atoms with Crippen LogP contribution in [0.25, 0.3) is 16.6 Å². The average molecular weight is 969 g/mol. The van der Waals surface area contributed by atoms with E-state index < -0.39 is 44.8 Å². The van der Waals surface area contributed by atoms with Crippen molar-refractivity contribution in [2.24, 2.45) is 0 Å². The van der Waals surface area contributed by atoms with Crippen LogP contribution in [0.3, 0.4) is 0 Å². The van der Waals surface area contributed by atoms with Gasteiger partial charge in [0.1, 0.15) is 35.6 Å². The first-order valence-electron chi connectivity index (χ1n) is 22.3. The van der Waals surface area contributed by atoms with E-state index in [4.69, 9.17) is 9.47 Å². The first-order chi connectivity index (χ1) is 33.2. The number of fused-ring (bicyclic) bond motifs is 1. The molecule has 5 aromatic rings. The van der Waals surface area contributed by atoms with Crippen LogP contribution in [0.5, 0.6) is 11.5 Å². The minimum Gasteiger partial charge on any atom is -0.452 e. The molecule has 3 N–H and O–H groups in total. The molecule has 2 aromatic heterocycles. The van der Waals surface area contributed by atoms with Crippen molar-refractivity contribution in [1.29, 1.82) is 5.26 Å². The van der Waals surface area contributed by atoms with E-state index in [1.807, 2.05) is 11.0 Å². The molecule has 3 aliphatic heterocycles. The Labute approximate surface area is 396 Å². The molecule has 3 amide bonds. The highest BCUT2D eigenvalue weighted by atomic mass is 32.2. The Kier molecular flexibility index (Phi) is 14.4. The van der Waals surface area contributed by atoms with Gasteiger partial charge in [-0.1, -0.05) is 13.0 Å². The number of nitriles is 1. The van der Waals surface area contributed by atoms with Crippen LogP contribution in [0.2, 0.25) is 0 Å². The number of piperazine rings is 1. The average Bonchev–Trinajstić information content (AvgIpc) is 3.34. The molecule has 1 atom stereocenters. The highest BCUT2D eigenvalue weighted by Crippen LogP contribution is 2.37. The number of amides is 3. The molecule has 0 saturated carbocycles. The lowest BCUT2D eigenvalue weighted by molar-refractivity contribution is -0.134. The fourth-order valence-corrected chi connectivity index (χ4v) is 9.55. The molecular weight excluding hydrogens is 919 g/mol. The Hall–Kier alpha value is -7.13. The van der Waals surface area contributed by atoms with Crippen molar-refractivity contribution in [1.82, 2.24) is 38.9 Å². The fraction of sp³-hybridized carbons (Fsp3) is 0.391. The molecule has 0 unspecified atom stereocenters. The number of carbonyl (C=O) groups excluding carboxylic acids is 3. The number of ether oxygens (including phenoxy) is 2. The number of methoxy groups -OCH3 is 1. The van der Waals surface area contributed by atoms with Crippen molar-refractivity contribution in [2.75, 3.05) is 81.5 Å². The summed E-state index contributed by atoms with van der Waals surface area (Å²) in [4.78, 5) is 70.6. The lowest BCUT2D eigenvalue weighted by Crippen LogP contribution is -2.52. The minimum absolute atomic E-state index is 0.00365. The van der Waals surface area contributed by atoms with Crippen molar-refractivity contribution in [2.45, 2.75) is 51.2 Å². The Morgan fingerprint density at radius 3 is 2.38 bits per heavy atom. The van der Waals surface area contributed by atoms with E-state index in [2.05, 4.69) is 35.2 Å². The second-order valence-electron chi connectivity index (χ2n) is 16.9. The van der Waals surface area contributed by atoms with Crippen LogP contribution in [0, 0.1) is 23.0 Å². The van der Waals surface area contributed by atoms with Gasteiger partial charge in [0.2, 0.25) is 23.7 Å². The van der Waals surface area contributed by atoms with E-state index in [0.29, 0.717) is 81.4 Å². The maximum atomic E-state index is 15.4. The minimum atomic E-state index is -4.08. The van der Waals surface area contributed by atoms with Gasteiger partial charge in [0.25, 0.3) is 5.56 Å². The fourth-order valence-electron chi connectivity index (χ4n) is 8.60. The van der Waals surface area contributed by atoms with Crippen LogP contribution < -0.4 is 30.6 Å². The Morgan fingerprint density at radius 2 is 1.71 bits per heavy atom. The summed E-state index contributed by atoms with van der Waals surface area (Å²) in [6, 6.07) is 11.1. The molecular formula is C46H50F2N12O8S. The number of anilines is 3. The van der Waals surface area contributed by atoms with Gasteiger partial charge in [0.05, 0.1) is 47.8 Å². The van der Waals surface area contributed by atoms with E-state index in [1.54, 1.807) is 24.0 Å². The van der Waals surface area contributed by atoms with Crippen LogP contribution >= 0.6 is 0 Å². The van der Waals surface area contributed by atoms with Crippen molar-refractivity contribution < 1.29 is 41.1 Å². The molecule has 69 heavy (non-hydrogen) atoms. The number of benzene rings is 3.